The van der Waals surface area contributed by atoms with Crippen molar-refractivity contribution in [3.05, 3.63) is 28.2 Å². The van der Waals surface area contributed by atoms with Crippen molar-refractivity contribution in [3.8, 4) is 0 Å². The number of benzene rings is 1. The summed E-state index contributed by atoms with van der Waals surface area (Å²) in [5.41, 5.74) is 0.442. The number of carbonyl (C=O) groups excluding carboxylic acids is 1. The van der Waals surface area contributed by atoms with Crippen LogP contribution < -0.4 is 5.32 Å². The zero-order chi connectivity index (χ0) is 15.2. The monoisotopic (exact) mass is 348 g/mol. The predicted molar refractivity (Wildman–Crippen MR) is 82.1 cm³/mol. The Morgan fingerprint density at radius 3 is 2.52 bits per heavy atom. The van der Waals surface area contributed by atoms with Gasteiger partial charge in [0.05, 0.1) is 21.9 Å². The van der Waals surface area contributed by atoms with E-state index in [9.17, 15) is 13.2 Å². The van der Waals surface area contributed by atoms with Crippen molar-refractivity contribution in [2.75, 3.05) is 18.4 Å². The lowest BCUT2D eigenvalue weighted by Gasteiger charge is -2.37. The number of nitrogens with zero attached hydrogens (tertiary/aromatic N) is 1. The number of anilines is 1. The molecule has 0 aromatic heterocycles. The van der Waals surface area contributed by atoms with Crippen LogP contribution in [0.2, 0.25) is 10.0 Å². The molecule has 1 aromatic rings. The summed E-state index contributed by atoms with van der Waals surface area (Å²) in [6.07, 6.45) is 1.46. The van der Waals surface area contributed by atoms with Crippen molar-refractivity contribution >= 4 is 44.8 Å². The summed E-state index contributed by atoms with van der Waals surface area (Å²) in [6, 6.07) is 4.80. The number of hydrogen-bond acceptors (Lipinski definition) is 3. The lowest BCUT2D eigenvalue weighted by molar-refractivity contribution is -0.122. The Balaban J connectivity index is 1.60. The first kappa shape index (κ1) is 15.1. The maximum atomic E-state index is 12.1. The molecular weight excluding hydrogens is 335 g/mol. The molecule has 3 rings (SSSR count). The Labute approximate surface area is 133 Å². The van der Waals surface area contributed by atoms with Crippen LogP contribution in [0.3, 0.4) is 0 Å². The molecule has 1 saturated heterocycles. The molecule has 5 nitrogen and oxygen atoms in total. The van der Waals surface area contributed by atoms with Crippen LogP contribution in [0.5, 0.6) is 0 Å². The molecular formula is C13H14Cl2N2O3S. The molecule has 1 N–H and O–H groups in total. The molecule has 1 aliphatic heterocycles. The largest absolute Gasteiger partial charge is 0.324 e. The second-order valence-electron chi connectivity index (χ2n) is 5.37. The third-order valence-electron chi connectivity index (χ3n) is 3.71. The number of nitrogens with one attached hydrogen (secondary N) is 1. The average molecular weight is 349 g/mol. The van der Waals surface area contributed by atoms with Crippen LogP contribution in [-0.4, -0.2) is 37.0 Å². The van der Waals surface area contributed by atoms with E-state index in [4.69, 9.17) is 23.2 Å². The highest BCUT2D eigenvalue weighted by Gasteiger charge is 2.46. The third kappa shape index (κ3) is 3.04. The zero-order valence-corrected chi connectivity index (χ0v) is 13.4. The summed E-state index contributed by atoms with van der Waals surface area (Å²) in [6.45, 7) is 0.478. The molecule has 0 bridgehead atoms. The summed E-state index contributed by atoms with van der Waals surface area (Å²) in [4.78, 5) is 12.1. The van der Waals surface area contributed by atoms with E-state index in [-0.39, 0.29) is 30.2 Å². The highest BCUT2D eigenvalue weighted by molar-refractivity contribution is 7.90. The van der Waals surface area contributed by atoms with Crippen LogP contribution in [0.15, 0.2) is 18.2 Å². The standard InChI is InChI=1S/C13H14Cl2N2O3S/c14-9-1-4-11(15)12(5-9)16-13(18)8-6-17(7-8)21(19,20)10-2-3-10/h1,4-5,8,10H,2-3,6-7H2,(H,16,18). The molecule has 2 fully saturated rings. The van der Waals surface area contributed by atoms with Gasteiger partial charge in [-0.2, -0.15) is 4.31 Å². The van der Waals surface area contributed by atoms with Crippen LogP contribution in [0.1, 0.15) is 12.8 Å². The number of rotatable bonds is 4. The van der Waals surface area contributed by atoms with Gasteiger partial charge in [0.25, 0.3) is 0 Å². The highest BCUT2D eigenvalue weighted by Crippen LogP contribution is 2.35. The lowest BCUT2D eigenvalue weighted by atomic mass is 10.0. The van der Waals surface area contributed by atoms with Crippen LogP contribution in [-0.2, 0) is 14.8 Å². The lowest BCUT2D eigenvalue weighted by Crippen LogP contribution is -2.55. The first-order valence-corrected chi connectivity index (χ1v) is 8.89. The van der Waals surface area contributed by atoms with Gasteiger partial charge in [-0.25, -0.2) is 8.42 Å². The average Bonchev–Trinajstić information content (AvgIpc) is 3.15. The Morgan fingerprint density at radius 1 is 1.24 bits per heavy atom. The van der Waals surface area contributed by atoms with E-state index < -0.39 is 10.0 Å². The van der Waals surface area contributed by atoms with Crippen molar-refractivity contribution in [3.63, 3.8) is 0 Å². The molecule has 0 spiro atoms. The molecule has 1 aromatic carbocycles. The number of amides is 1. The smallest absolute Gasteiger partial charge is 0.230 e. The van der Waals surface area contributed by atoms with E-state index in [1.807, 2.05) is 0 Å². The van der Waals surface area contributed by atoms with E-state index in [0.717, 1.165) is 12.8 Å². The maximum Gasteiger partial charge on any atom is 0.230 e. The summed E-state index contributed by atoms with van der Waals surface area (Å²) in [5, 5.41) is 3.33. The summed E-state index contributed by atoms with van der Waals surface area (Å²) < 4.78 is 25.3. The maximum absolute atomic E-state index is 12.1. The first-order valence-electron chi connectivity index (χ1n) is 6.63. The van der Waals surface area contributed by atoms with Gasteiger partial charge in [0.2, 0.25) is 15.9 Å². The summed E-state index contributed by atoms with van der Waals surface area (Å²) in [7, 11) is -3.18. The van der Waals surface area contributed by atoms with Gasteiger partial charge in [0.1, 0.15) is 0 Å². The van der Waals surface area contributed by atoms with Crippen LogP contribution in [0.4, 0.5) is 5.69 Å². The quantitative estimate of drug-likeness (QED) is 0.908. The molecule has 2 aliphatic rings. The predicted octanol–water partition coefficient (Wildman–Crippen LogP) is 2.36. The van der Waals surface area contributed by atoms with Crippen molar-refractivity contribution in [2.45, 2.75) is 18.1 Å². The minimum absolute atomic E-state index is 0.233. The molecule has 21 heavy (non-hydrogen) atoms. The van der Waals surface area contributed by atoms with Gasteiger partial charge in [-0.3, -0.25) is 4.79 Å². The topological polar surface area (TPSA) is 66.5 Å². The summed E-state index contributed by atoms with van der Waals surface area (Å²) >= 11 is 11.8. The van der Waals surface area contributed by atoms with Gasteiger partial charge in [-0.1, -0.05) is 23.2 Å². The van der Waals surface area contributed by atoms with Crippen molar-refractivity contribution in [1.29, 1.82) is 0 Å². The first-order chi connectivity index (χ1) is 9.88. The molecule has 1 heterocycles. The normalized spacial score (nSPS) is 20.1. The van der Waals surface area contributed by atoms with Crippen molar-refractivity contribution < 1.29 is 13.2 Å². The minimum atomic E-state index is -3.18. The van der Waals surface area contributed by atoms with E-state index in [1.165, 1.54) is 4.31 Å². The molecule has 8 heteroatoms. The Hall–Kier alpha value is -0.820. The molecule has 1 aliphatic carbocycles. The summed E-state index contributed by atoms with van der Waals surface area (Å²) in [5.74, 6) is -0.574. The fourth-order valence-corrected chi connectivity index (χ4v) is 4.48. The molecule has 0 radical (unpaired) electrons. The van der Waals surface area contributed by atoms with Gasteiger partial charge in [0, 0.05) is 18.1 Å². The van der Waals surface area contributed by atoms with Gasteiger partial charge in [-0.05, 0) is 31.0 Å². The number of halogens is 2. The molecule has 1 saturated carbocycles. The van der Waals surface area contributed by atoms with Gasteiger partial charge in [0.15, 0.2) is 0 Å². The zero-order valence-electron chi connectivity index (χ0n) is 11.1. The van der Waals surface area contributed by atoms with E-state index in [1.54, 1.807) is 18.2 Å². The second kappa shape index (κ2) is 5.43. The van der Waals surface area contributed by atoms with Crippen LogP contribution in [0, 0.1) is 5.92 Å². The molecule has 0 unspecified atom stereocenters. The fraction of sp³-hybridized carbons (Fsp3) is 0.462. The Morgan fingerprint density at radius 2 is 1.90 bits per heavy atom. The highest BCUT2D eigenvalue weighted by atomic mass is 35.5. The molecule has 0 atom stereocenters. The van der Waals surface area contributed by atoms with E-state index in [2.05, 4.69) is 5.32 Å². The van der Waals surface area contributed by atoms with Crippen LogP contribution in [0.25, 0.3) is 0 Å². The fourth-order valence-electron chi connectivity index (χ4n) is 2.22. The van der Waals surface area contributed by atoms with Crippen molar-refractivity contribution in [1.82, 2.24) is 4.31 Å². The number of sulfonamides is 1. The second-order valence-corrected chi connectivity index (χ2v) is 8.43. The van der Waals surface area contributed by atoms with Gasteiger partial charge >= 0.3 is 0 Å². The van der Waals surface area contributed by atoms with Gasteiger partial charge < -0.3 is 5.32 Å². The van der Waals surface area contributed by atoms with Crippen LogP contribution >= 0.6 is 23.2 Å². The minimum Gasteiger partial charge on any atom is -0.324 e. The van der Waals surface area contributed by atoms with Crippen molar-refractivity contribution in [2.24, 2.45) is 5.92 Å². The number of hydrogen-bond donors (Lipinski definition) is 1. The third-order valence-corrected chi connectivity index (χ3v) is 6.61. The Kier molecular flexibility index (Phi) is 3.90. The van der Waals surface area contributed by atoms with Gasteiger partial charge in [-0.15, -0.1) is 0 Å². The van der Waals surface area contributed by atoms with E-state index >= 15 is 0 Å². The SMILES string of the molecule is O=C(Nc1cc(Cl)ccc1Cl)C1CN(S(=O)(=O)C2CC2)C1. The molecule has 1 amide bonds. The van der Waals surface area contributed by atoms with E-state index in [0.29, 0.717) is 15.7 Å². The Bertz CT molecular complexity index is 683. The molecule has 114 valence electrons. The number of carbonyl (C=O) groups is 1.